The van der Waals surface area contributed by atoms with Gasteiger partial charge in [0.05, 0.1) is 36.6 Å². The van der Waals surface area contributed by atoms with Crippen LogP contribution in [-0.4, -0.2) is 117 Å². The molecule has 22 heteroatoms. The van der Waals surface area contributed by atoms with E-state index >= 15 is 0 Å². The molecule has 1 N–H and O–H groups in total. The molecule has 4 aromatic heterocycles. The number of likely N-dealkylation sites (tertiary alicyclic amines) is 2. The molecule has 0 aliphatic carbocycles. The highest BCUT2D eigenvalue weighted by molar-refractivity contribution is 5.98. The third-order valence-electron chi connectivity index (χ3n) is 9.82. The molecule has 0 radical (unpaired) electrons. The molecule has 3 atom stereocenters. The number of pyridine rings is 2. The number of Topliss-reactive ketones (excluding diaryl/α,β-unsaturated/α-hetero) is 3. The summed E-state index contributed by atoms with van der Waals surface area (Å²) in [5, 5.41) is 9.98. The van der Waals surface area contributed by atoms with Gasteiger partial charge in [-0.25, -0.2) is 29.5 Å². The van der Waals surface area contributed by atoms with Gasteiger partial charge in [0.15, 0.2) is 17.3 Å². The van der Waals surface area contributed by atoms with Crippen LogP contribution in [0.15, 0.2) is 61.4 Å². The number of rotatable bonds is 10. The van der Waals surface area contributed by atoms with Crippen LogP contribution in [0.3, 0.4) is 0 Å². The first-order chi connectivity index (χ1) is 30.7. The summed E-state index contributed by atoms with van der Waals surface area (Å²) < 4.78 is 86.8. The van der Waals surface area contributed by atoms with E-state index in [2.05, 4.69) is 29.9 Å². The molecule has 2 aliphatic rings. The van der Waals surface area contributed by atoms with Crippen LogP contribution in [0.25, 0.3) is 22.5 Å². The van der Waals surface area contributed by atoms with Gasteiger partial charge < -0.3 is 14.6 Å². The molecule has 2 aliphatic heterocycles. The number of aliphatic hydroxyl groups excluding tert-OH is 1. The number of carbonyl (C=O) groups excluding carboxylic acids is 5. The van der Waals surface area contributed by atoms with Crippen LogP contribution in [0, 0.1) is 0 Å². The first kappa shape index (κ1) is 50.5. The molecule has 4 aromatic rings. The molecule has 0 unspecified atom stereocenters. The molecule has 6 rings (SSSR count). The maximum atomic E-state index is 12.8. The predicted molar refractivity (Wildman–Crippen MR) is 221 cm³/mol. The van der Waals surface area contributed by atoms with Gasteiger partial charge in [0.25, 0.3) is 0 Å². The Bertz CT molecular complexity index is 2390. The number of aliphatic hydroxyl groups is 1. The highest BCUT2D eigenvalue weighted by atomic mass is 19.4. The number of aryl methyl sites for hydroxylation is 2. The molecule has 2 fully saturated rings. The van der Waals surface area contributed by atoms with Crippen molar-refractivity contribution in [3.63, 3.8) is 0 Å². The average Bonchev–Trinajstić information content (AvgIpc) is 3.83. The Morgan fingerprint density at radius 2 is 1.09 bits per heavy atom. The second kappa shape index (κ2) is 20.4. The fraction of sp³-hybridized carbons (Fsp3) is 0.477. The topological polar surface area (TPSA) is 208 Å². The van der Waals surface area contributed by atoms with E-state index in [0.29, 0.717) is 33.9 Å². The quantitative estimate of drug-likeness (QED) is 0.158. The number of alkyl halides is 6. The summed E-state index contributed by atoms with van der Waals surface area (Å²) in [5.41, 5.74) is -1.02. The smallest absolute Gasteiger partial charge is 0.433 e. The number of amides is 2. The molecule has 6 heterocycles. The zero-order chi connectivity index (χ0) is 48.8. The van der Waals surface area contributed by atoms with Gasteiger partial charge in [-0.2, -0.15) is 26.3 Å². The van der Waals surface area contributed by atoms with Gasteiger partial charge in [-0.15, -0.1) is 0 Å². The van der Waals surface area contributed by atoms with E-state index in [1.165, 1.54) is 29.7 Å². The second-order valence-corrected chi connectivity index (χ2v) is 17.5. The molecule has 66 heavy (non-hydrogen) atoms. The van der Waals surface area contributed by atoms with E-state index in [1.54, 1.807) is 53.7 Å². The van der Waals surface area contributed by atoms with E-state index in [0.717, 1.165) is 29.4 Å². The van der Waals surface area contributed by atoms with Crippen molar-refractivity contribution in [3.05, 3.63) is 84.2 Å². The molecule has 0 spiro atoms. The van der Waals surface area contributed by atoms with E-state index < -0.39 is 65.3 Å². The number of carbonyl (C=O) groups is 5. The van der Waals surface area contributed by atoms with Crippen molar-refractivity contribution in [2.45, 2.75) is 122 Å². The summed E-state index contributed by atoms with van der Waals surface area (Å²) in [4.78, 5) is 87.9. The first-order valence-electron chi connectivity index (χ1n) is 20.6. The lowest BCUT2D eigenvalue weighted by Gasteiger charge is -2.27. The standard InChI is InChI=1S/C22H25F3N4O4.C22H23F3N4O4/c2*1-21(2,3)33-20(32)29-11-15(30)9-17(29)18(31)6-5-14-8-16(28-12-27-14)13-4-7-19(26-10-13)22(23,24)25/h4,7-8,10,12,15,17,30H,5-6,9,11H2,1-3H3;4,7-8,10,12,17H,5-6,9,11H2,1-3H3/t15-,17+;17-/m10/s1. The Balaban J connectivity index is 0.000000247. The van der Waals surface area contributed by atoms with Crippen molar-refractivity contribution in [1.82, 2.24) is 39.7 Å². The van der Waals surface area contributed by atoms with Crippen LogP contribution in [0.2, 0.25) is 0 Å². The largest absolute Gasteiger partial charge is 0.444 e. The minimum Gasteiger partial charge on any atom is -0.444 e. The number of ketones is 3. The van der Waals surface area contributed by atoms with Crippen LogP contribution < -0.4 is 0 Å². The Labute approximate surface area is 375 Å². The summed E-state index contributed by atoms with van der Waals surface area (Å²) in [7, 11) is 0. The van der Waals surface area contributed by atoms with Gasteiger partial charge in [0.2, 0.25) is 0 Å². The molecule has 0 saturated carbocycles. The average molecular weight is 931 g/mol. The number of hydrogen-bond acceptors (Lipinski definition) is 14. The highest BCUT2D eigenvalue weighted by Gasteiger charge is 2.42. The van der Waals surface area contributed by atoms with Crippen LogP contribution in [0.1, 0.15) is 90.0 Å². The van der Waals surface area contributed by atoms with Crippen LogP contribution in [0.5, 0.6) is 0 Å². The van der Waals surface area contributed by atoms with Crippen LogP contribution in [-0.2, 0) is 49.1 Å². The summed E-state index contributed by atoms with van der Waals surface area (Å²) in [5.74, 6) is -0.768. The molecule has 2 saturated heterocycles. The molecule has 354 valence electrons. The Hall–Kier alpha value is -6.45. The first-order valence-corrected chi connectivity index (χ1v) is 20.6. The minimum atomic E-state index is -4.54. The fourth-order valence-corrected chi connectivity index (χ4v) is 6.78. The van der Waals surface area contributed by atoms with Crippen molar-refractivity contribution in [1.29, 1.82) is 0 Å². The highest BCUT2D eigenvalue weighted by Crippen LogP contribution is 2.31. The fourth-order valence-electron chi connectivity index (χ4n) is 6.78. The number of ether oxygens (including phenoxy) is 2. The maximum Gasteiger partial charge on any atom is 0.433 e. The number of nitrogens with zero attached hydrogens (tertiary/aromatic N) is 8. The van der Waals surface area contributed by atoms with Crippen molar-refractivity contribution >= 4 is 29.5 Å². The van der Waals surface area contributed by atoms with Crippen molar-refractivity contribution in [2.24, 2.45) is 0 Å². The minimum absolute atomic E-state index is 0.0129. The van der Waals surface area contributed by atoms with Crippen molar-refractivity contribution in [3.8, 4) is 22.5 Å². The maximum absolute atomic E-state index is 12.8. The molecule has 0 bridgehead atoms. The van der Waals surface area contributed by atoms with Crippen molar-refractivity contribution < 1.29 is 64.9 Å². The van der Waals surface area contributed by atoms with Gasteiger partial charge in [-0.3, -0.25) is 34.2 Å². The lowest BCUT2D eigenvalue weighted by Crippen LogP contribution is -2.43. The van der Waals surface area contributed by atoms with Crippen LogP contribution >= 0.6 is 0 Å². The molecular weight excluding hydrogens is 883 g/mol. The van der Waals surface area contributed by atoms with E-state index in [1.807, 2.05) is 0 Å². The Morgan fingerprint density at radius 1 is 0.652 bits per heavy atom. The molecule has 2 amide bonds. The lowest BCUT2D eigenvalue weighted by molar-refractivity contribution is -0.141. The number of halogens is 6. The zero-order valence-corrected chi connectivity index (χ0v) is 36.8. The van der Waals surface area contributed by atoms with E-state index in [4.69, 9.17) is 9.47 Å². The SMILES string of the molecule is CC(C)(C)OC(=O)N1CC(=O)C[C@H]1C(=O)CCc1cc(-c2ccc(C(F)(F)F)nc2)ncn1.CC(C)(C)OC(=O)N1C[C@H](O)C[C@H]1C(=O)CCc1cc(-c2ccc(C(F)(F)F)nc2)ncn1. The van der Waals surface area contributed by atoms with Gasteiger partial charge >= 0.3 is 24.5 Å². The summed E-state index contributed by atoms with van der Waals surface area (Å²) in [6.07, 6.45) is -6.02. The summed E-state index contributed by atoms with van der Waals surface area (Å²) >= 11 is 0. The Morgan fingerprint density at radius 3 is 1.50 bits per heavy atom. The summed E-state index contributed by atoms with van der Waals surface area (Å²) in [6, 6.07) is 5.71. The van der Waals surface area contributed by atoms with Gasteiger partial charge in [0.1, 0.15) is 41.3 Å². The molecule has 16 nitrogen and oxygen atoms in total. The molecular formula is C44H48F6N8O8. The number of hydrogen-bond donors (Lipinski definition) is 1. The van der Waals surface area contributed by atoms with Gasteiger partial charge in [-0.05, 0) is 90.8 Å². The zero-order valence-electron chi connectivity index (χ0n) is 36.8. The monoisotopic (exact) mass is 930 g/mol. The van der Waals surface area contributed by atoms with Gasteiger partial charge in [-0.1, -0.05) is 0 Å². The third-order valence-corrected chi connectivity index (χ3v) is 9.82. The van der Waals surface area contributed by atoms with Crippen LogP contribution in [0.4, 0.5) is 35.9 Å². The molecule has 0 aromatic carbocycles. The van der Waals surface area contributed by atoms with E-state index in [9.17, 15) is 55.4 Å². The third kappa shape index (κ3) is 14.3. The predicted octanol–water partition coefficient (Wildman–Crippen LogP) is 7.07. The lowest BCUT2D eigenvalue weighted by atomic mass is 10.0. The summed E-state index contributed by atoms with van der Waals surface area (Å²) in [6.45, 7) is 10.1. The Kier molecular flexibility index (Phi) is 15.6. The van der Waals surface area contributed by atoms with Gasteiger partial charge in [0, 0.05) is 60.6 Å². The number of aromatic nitrogens is 6. The van der Waals surface area contributed by atoms with E-state index in [-0.39, 0.29) is 69.0 Å². The number of β-amino-alcohol motifs (C(OH)–C–C–N with tert-alkyl or cyclic N) is 1. The van der Waals surface area contributed by atoms with Crippen molar-refractivity contribution in [2.75, 3.05) is 13.1 Å². The second-order valence-electron chi connectivity index (χ2n) is 17.5. The normalized spacial score (nSPS) is 17.8.